The molecule has 0 aromatic heterocycles. The molecule has 1 aromatic rings. The molecule has 0 radical (unpaired) electrons. The number of nitrogens with one attached hydrogen (secondary N) is 1. The quantitative estimate of drug-likeness (QED) is 0.841. The summed E-state index contributed by atoms with van der Waals surface area (Å²) in [6.07, 6.45) is -0.267. The average Bonchev–Trinajstić information content (AvgIpc) is 3.13. The number of ether oxygens (including phenoxy) is 2. The van der Waals surface area contributed by atoms with E-state index in [1.807, 2.05) is 12.1 Å². The highest BCUT2D eigenvalue weighted by molar-refractivity contribution is 5.98. The number of nitrogens with zero attached hydrogens (tertiary/aromatic N) is 2. The van der Waals surface area contributed by atoms with Crippen LogP contribution >= 0.6 is 0 Å². The molecular formula is C16H19N3O5. The van der Waals surface area contributed by atoms with Crippen molar-refractivity contribution in [2.24, 2.45) is 0 Å². The third kappa shape index (κ3) is 3.27. The van der Waals surface area contributed by atoms with Crippen LogP contribution in [0.25, 0.3) is 0 Å². The summed E-state index contributed by atoms with van der Waals surface area (Å²) >= 11 is 0. The van der Waals surface area contributed by atoms with Crippen LogP contribution < -0.4 is 15.0 Å². The van der Waals surface area contributed by atoms with Gasteiger partial charge in [-0.25, -0.2) is 4.79 Å². The van der Waals surface area contributed by atoms with Crippen LogP contribution in [0.3, 0.4) is 0 Å². The van der Waals surface area contributed by atoms with Gasteiger partial charge in [-0.2, -0.15) is 0 Å². The molecule has 3 rings (SSSR count). The summed E-state index contributed by atoms with van der Waals surface area (Å²) in [4.78, 5) is 38.6. The summed E-state index contributed by atoms with van der Waals surface area (Å²) in [6.45, 7) is 1.02. The predicted octanol–water partition coefficient (Wildman–Crippen LogP) is 0.369. The molecule has 24 heavy (non-hydrogen) atoms. The van der Waals surface area contributed by atoms with E-state index in [4.69, 9.17) is 9.47 Å². The van der Waals surface area contributed by atoms with Crippen LogP contribution in [-0.4, -0.2) is 62.2 Å². The molecule has 0 spiro atoms. The lowest BCUT2D eigenvalue weighted by Gasteiger charge is -2.20. The lowest BCUT2D eigenvalue weighted by atomic mass is 10.2. The second kappa shape index (κ2) is 6.77. The van der Waals surface area contributed by atoms with Crippen molar-refractivity contribution < 1.29 is 23.9 Å². The Morgan fingerprint density at radius 2 is 2.17 bits per heavy atom. The maximum Gasteiger partial charge on any atom is 0.410 e. The molecule has 2 saturated heterocycles. The number of rotatable bonds is 5. The molecule has 1 atom stereocenters. The van der Waals surface area contributed by atoms with Crippen molar-refractivity contribution in [3.05, 3.63) is 24.3 Å². The first-order valence-corrected chi connectivity index (χ1v) is 7.73. The van der Waals surface area contributed by atoms with Crippen molar-refractivity contribution in [2.45, 2.75) is 12.5 Å². The molecular weight excluding hydrogens is 314 g/mol. The molecule has 0 aliphatic carbocycles. The molecule has 8 heteroatoms. The third-order valence-electron chi connectivity index (χ3n) is 4.05. The molecule has 8 nitrogen and oxygen atoms in total. The Labute approximate surface area is 139 Å². The molecule has 2 fully saturated rings. The first-order chi connectivity index (χ1) is 11.6. The first-order valence-electron chi connectivity index (χ1n) is 7.73. The SMILES string of the molecule is COc1ccccc1N1C[C@@H](NC(=O)CN2CCOC2=O)CC1=O. The van der Waals surface area contributed by atoms with E-state index in [0.29, 0.717) is 31.1 Å². The molecule has 2 heterocycles. The first kappa shape index (κ1) is 16.1. The molecule has 2 aliphatic heterocycles. The Kier molecular flexibility index (Phi) is 4.54. The molecule has 0 unspecified atom stereocenters. The Morgan fingerprint density at radius 1 is 1.38 bits per heavy atom. The summed E-state index contributed by atoms with van der Waals surface area (Å²) < 4.78 is 10.1. The summed E-state index contributed by atoms with van der Waals surface area (Å²) in [5.41, 5.74) is 0.685. The molecule has 3 amide bonds. The Morgan fingerprint density at radius 3 is 2.88 bits per heavy atom. The minimum atomic E-state index is -0.483. The monoisotopic (exact) mass is 333 g/mol. The normalized spacial score (nSPS) is 20.3. The van der Waals surface area contributed by atoms with E-state index in [1.54, 1.807) is 24.1 Å². The van der Waals surface area contributed by atoms with Crippen molar-refractivity contribution in [1.82, 2.24) is 10.2 Å². The lowest BCUT2D eigenvalue weighted by Crippen LogP contribution is -2.43. The third-order valence-corrected chi connectivity index (χ3v) is 4.05. The van der Waals surface area contributed by atoms with Crippen LogP contribution in [0, 0.1) is 0 Å². The summed E-state index contributed by atoms with van der Waals surface area (Å²) in [6, 6.07) is 6.95. The van der Waals surface area contributed by atoms with Gasteiger partial charge in [-0.3, -0.25) is 14.5 Å². The maximum absolute atomic E-state index is 12.3. The van der Waals surface area contributed by atoms with Gasteiger partial charge in [0.15, 0.2) is 0 Å². The highest BCUT2D eigenvalue weighted by Crippen LogP contribution is 2.30. The largest absolute Gasteiger partial charge is 0.495 e. The number of para-hydroxylation sites is 2. The fraction of sp³-hybridized carbons (Fsp3) is 0.438. The number of anilines is 1. The van der Waals surface area contributed by atoms with Crippen LogP contribution in [0.15, 0.2) is 24.3 Å². The van der Waals surface area contributed by atoms with Gasteiger partial charge in [0.25, 0.3) is 0 Å². The summed E-state index contributed by atoms with van der Waals surface area (Å²) in [7, 11) is 1.55. The fourth-order valence-electron chi connectivity index (χ4n) is 2.91. The predicted molar refractivity (Wildman–Crippen MR) is 84.8 cm³/mol. The molecule has 2 aliphatic rings. The molecule has 0 saturated carbocycles. The standard InChI is InChI=1S/C16H19N3O5/c1-23-13-5-3-2-4-12(13)19-9-11(8-15(19)21)17-14(20)10-18-6-7-24-16(18)22/h2-5,11H,6-10H2,1H3,(H,17,20)/t11-/m0/s1. The minimum Gasteiger partial charge on any atom is -0.495 e. The van der Waals surface area contributed by atoms with E-state index in [0.717, 1.165) is 0 Å². The van der Waals surface area contributed by atoms with Gasteiger partial charge in [0, 0.05) is 13.0 Å². The fourth-order valence-corrected chi connectivity index (χ4v) is 2.91. The Bertz CT molecular complexity index is 663. The zero-order valence-electron chi connectivity index (χ0n) is 13.4. The zero-order valence-corrected chi connectivity index (χ0v) is 13.4. The summed E-state index contributed by atoms with van der Waals surface area (Å²) in [5.74, 6) is 0.233. The number of hydrogen-bond donors (Lipinski definition) is 1. The van der Waals surface area contributed by atoms with E-state index in [9.17, 15) is 14.4 Å². The molecule has 1 N–H and O–H groups in total. The van der Waals surface area contributed by atoms with Crippen molar-refractivity contribution in [3.63, 3.8) is 0 Å². The molecule has 128 valence electrons. The van der Waals surface area contributed by atoms with Gasteiger partial charge >= 0.3 is 6.09 Å². The highest BCUT2D eigenvalue weighted by atomic mass is 16.6. The van der Waals surface area contributed by atoms with Crippen LogP contribution in [-0.2, 0) is 14.3 Å². The average molecular weight is 333 g/mol. The highest BCUT2D eigenvalue weighted by Gasteiger charge is 2.33. The van der Waals surface area contributed by atoms with Crippen molar-refractivity contribution in [2.75, 3.05) is 38.3 Å². The van der Waals surface area contributed by atoms with Gasteiger partial charge in [0.1, 0.15) is 18.9 Å². The van der Waals surface area contributed by atoms with E-state index in [-0.39, 0.29) is 30.8 Å². The van der Waals surface area contributed by atoms with Crippen LogP contribution in [0.5, 0.6) is 5.75 Å². The Balaban J connectivity index is 1.60. The van der Waals surface area contributed by atoms with E-state index >= 15 is 0 Å². The summed E-state index contributed by atoms with van der Waals surface area (Å²) in [5, 5.41) is 2.80. The minimum absolute atomic E-state index is 0.0574. The van der Waals surface area contributed by atoms with Crippen LogP contribution in [0.4, 0.5) is 10.5 Å². The topological polar surface area (TPSA) is 88.2 Å². The van der Waals surface area contributed by atoms with Gasteiger partial charge in [-0.05, 0) is 12.1 Å². The number of cyclic esters (lactones) is 1. The second-order valence-electron chi connectivity index (χ2n) is 5.68. The number of methoxy groups -OCH3 is 1. The van der Waals surface area contributed by atoms with Gasteiger partial charge < -0.3 is 19.7 Å². The van der Waals surface area contributed by atoms with Crippen molar-refractivity contribution >= 4 is 23.6 Å². The molecule has 0 bridgehead atoms. The number of carbonyl (C=O) groups is 3. The zero-order chi connectivity index (χ0) is 17.1. The second-order valence-corrected chi connectivity index (χ2v) is 5.68. The lowest BCUT2D eigenvalue weighted by molar-refractivity contribution is -0.122. The van der Waals surface area contributed by atoms with E-state index in [2.05, 4.69) is 5.32 Å². The maximum atomic E-state index is 12.3. The van der Waals surface area contributed by atoms with Crippen LogP contribution in [0.1, 0.15) is 6.42 Å². The van der Waals surface area contributed by atoms with Crippen molar-refractivity contribution in [3.8, 4) is 5.75 Å². The van der Waals surface area contributed by atoms with Gasteiger partial charge in [-0.1, -0.05) is 12.1 Å². The number of amides is 3. The van der Waals surface area contributed by atoms with Crippen molar-refractivity contribution in [1.29, 1.82) is 0 Å². The number of hydrogen-bond acceptors (Lipinski definition) is 5. The van der Waals surface area contributed by atoms with Gasteiger partial charge in [0.05, 0.1) is 25.4 Å². The van der Waals surface area contributed by atoms with E-state index in [1.165, 1.54) is 4.90 Å². The molecule has 1 aromatic carbocycles. The number of benzene rings is 1. The van der Waals surface area contributed by atoms with Gasteiger partial charge in [-0.15, -0.1) is 0 Å². The van der Waals surface area contributed by atoms with Gasteiger partial charge in [0.2, 0.25) is 11.8 Å². The Hall–Kier alpha value is -2.77. The van der Waals surface area contributed by atoms with E-state index < -0.39 is 6.09 Å². The smallest absolute Gasteiger partial charge is 0.410 e. The number of carbonyl (C=O) groups excluding carboxylic acids is 3. The van der Waals surface area contributed by atoms with Crippen LogP contribution in [0.2, 0.25) is 0 Å².